The third-order valence-electron chi connectivity index (χ3n) is 1.85. The summed E-state index contributed by atoms with van der Waals surface area (Å²) in [5, 5.41) is 3.28. The predicted molar refractivity (Wildman–Crippen MR) is 55.3 cm³/mol. The number of anilines is 1. The smallest absolute Gasteiger partial charge is 0.150 e. The molecule has 0 atom stereocenters. The van der Waals surface area contributed by atoms with E-state index in [1.54, 1.807) is 0 Å². The zero-order valence-electron chi connectivity index (χ0n) is 8.29. The zero-order chi connectivity index (χ0) is 9.84. The first-order valence-electron chi connectivity index (χ1n) is 4.46. The van der Waals surface area contributed by atoms with Crippen LogP contribution in [0.4, 0.5) is 5.69 Å². The average Bonchev–Trinajstić information content (AvgIpc) is 2.03. The number of aldehydes is 1. The van der Waals surface area contributed by atoms with Crippen molar-refractivity contribution in [3.63, 3.8) is 0 Å². The van der Waals surface area contributed by atoms with Crippen molar-refractivity contribution in [3.8, 4) is 0 Å². The van der Waals surface area contributed by atoms with Crippen LogP contribution in [0.2, 0.25) is 0 Å². The second kappa shape index (κ2) is 4.08. The summed E-state index contributed by atoms with van der Waals surface area (Å²) in [5.74, 6) is 0. The molecule has 1 aromatic carbocycles. The Kier molecular flexibility index (Phi) is 3.07. The molecular formula is C11H15NO. The number of carbonyl (C=O) groups excluding carboxylic acids is 1. The van der Waals surface area contributed by atoms with Crippen molar-refractivity contribution in [1.29, 1.82) is 0 Å². The number of rotatable bonds is 3. The summed E-state index contributed by atoms with van der Waals surface area (Å²) in [4.78, 5) is 10.5. The fourth-order valence-electron chi connectivity index (χ4n) is 1.23. The van der Waals surface area contributed by atoms with Crippen LogP contribution in [0.5, 0.6) is 0 Å². The summed E-state index contributed by atoms with van der Waals surface area (Å²) < 4.78 is 0. The minimum atomic E-state index is 0.418. The van der Waals surface area contributed by atoms with Crippen LogP contribution in [0.15, 0.2) is 18.2 Å². The summed E-state index contributed by atoms with van der Waals surface area (Å²) in [5.41, 5.74) is 2.84. The number of nitrogens with one attached hydrogen (secondary N) is 1. The molecule has 0 aromatic heterocycles. The number of hydrogen-bond acceptors (Lipinski definition) is 2. The highest BCUT2D eigenvalue weighted by Crippen LogP contribution is 2.14. The van der Waals surface area contributed by atoms with E-state index in [-0.39, 0.29) is 0 Å². The lowest BCUT2D eigenvalue weighted by molar-refractivity contribution is 0.112. The Balaban J connectivity index is 2.89. The summed E-state index contributed by atoms with van der Waals surface area (Å²) >= 11 is 0. The largest absolute Gasteiger partial charge is 0.383 e. The minimum absolute atomic E-state index is 0.418. The van der Waals surface area contributed by atoms with Gasteiger partial charge in [0.2, 0.25) is 0 Å². The Morgan fingerprint density at radius 3 is 2.54 bits per heavy atom. The molecule has 0 aliphatic rings. The molecule has 0 saturated heterocycles. The Hall–Kier alpha value is -1.31. The molecule has 0 unspecified atom stereocenters. The molecule has 0 saturated carbocycles. The van der Waals surface area contributed by atoms with Gasteiger partial charge in [0.05, 0.1) is 0 Å². The van der Waals surface area contributed by atoms with Crippen LogP contribution in [-0.2, 0) is 0 Å². The van der Waals surface area contributed by atoms with E-state index in [2.05, 4.69) is 19.2 Å². The van der Waals surface area contributed by atoms with Crippen LogP contribution in [0.1, 0.15) is 29.8 Å². The highest BCUT2D eigenvalue weighted by atomic mass is 16.1. The monoisotopic (exact) mass is 177 g/mol. The molecule has 0 radical (unpaired) electrons. The van der Waals surface area contributed by atoms with Crippen LogP contribution >= 0.6 is 0 Å². The van der Waals surface area contributed by atoms with Gasteiger partial charge in [-0.15, -0.1) is 0 Å². The molecule has 13 heavy (non-hydrogen) atoms. The molecule has 0 amide bonds. The van der Waals surface area contributed by atoms with Crippen molar-refractivity contribution >= 4 is 12.0 Å². The predicted octanol–water partition coefficient (Wildman–Crippen LogP) is 2.63. The van der Waals surface area contributed by atoms with Crippen molar-refractivity contribution in [2.45, 2.75) is 26.8 Å². The van der Waals surface area contributed by atoms with E-state index < -0.39 is 0 Å². The van der Waals surface area contributed by atoms with Crippen LogP contribution in [-0.4, -0.2) is 12.3 Å². The molecule has 0 heterocycles. The van der Waals surface area contributed by atoms with Crippen LogP contribution in [0.25, 0.3) is 0 Å². The van der Waals surface area contributed by atoms with Gasteiger partial charge >= 0.3 is 0 Å². The Bertz CT molecular complexity index is 305. The number of carbonyl (C=O) groups is 1. The SMILES string of the molecule is Cc1cc(NC(C)C)ccc1C=O. The van der Waals surface area contributed by atoms with Crippen LogP contribution in [0, 0.1) is 6.92 Å². The van der Waals surface area contributed by atoms with Gasteiger partial charge in [-0.05, 0) is 44.5 Å². The molecule has 70 valence electrons. The first-order chi connectivity index (χ1) is 6.13. The second-order valence-electron chi connectivity index (χ2n) is 3.49. The van der Waals surface area contributed by atoms with Crippen molar-refractivity contribution in [2.24, 2.45) is 0 Å². The second-order valence-corrected chi connectivity index (χ2v) is 3.49. The highest BCUT2D eigenvalue weighted by Gasteiger charge is 1.99. The van der Waals surface area contributed by atoms with E-state index in [0.717, 1.165) is 23.1 Å². The molecule has 2 heteroatoms. The number of aryl methyl sites for hydroxylation is 1. The van der Waals surface area contributed by atoms with Crippen molar-refractivity contribution in [2.75, 3.05) is 5.32 Å². The molecule has 1 aromatic rings. The van der Waals surface area contributed by atoms with Gasteiger partial charge in [0.25, 0.3) is 0 Å². The summed E-state index contributed by atoms with van der Waals surface area (Å²) in [6.45, 7) is 6.11. The molecule has 2 nitrogen and oxygen atoms in total. The molecule has 0 spiro atoms. The Morgan fingerprint density at radius 2 is 2.08 bits per heavy atom. The minimum Gasteiger partial charge on any atom is -0.383 e. The molecule has 0 aliphatic heterocycles. The maximum Gasteiger partial charge on any atom is 0.150 e. The summed E-state index contributed by atoms with van der Waals surface area (Å²) in [6, 6.07) is 6.18. The van der Waals surface area contributed by atoms with Crippen LogP contribution < -0.4 is 5.32 Å². The van der Waals surface area contributed by atoms with Gasteiger partial charge in [0.15, 0.2) is 0 Å². The van der Waals surface area contributed by atoms with Gasteiger partial charge < -0.3 is 5.32 Å². The Labute approximate surface area is 79.0 Å². The lowest BCUT2D eigenvalue weighted by Gasteiger charge is -2.10. The third-order valence-corrected chi connectivity index (χ3v) is 1.85. The van der Waals surface area contributed by atoms with Gasteiger partial charge in [-0.1, -0.05) is 0 Å². The van der Waals surface area contributed by atoms with E-state index >= 15 is 0 Å². The molecule has 1 N–H and O–H groups in total. The van der Waals surface area contributed by atoms with E-state index in [0.29, 0.717) is 6.04 Å². The van der Waals surface area contributed by atoms with E-state index in [1.807, 2.05) is 25.1 Å². The van der Waals surface area contributed by atoms with Gasteiger partial charge in [0, 0.05) is 17.3 Å². The first kappa shape index (κ1) is 9.78. The Morgan fingerprint density at radius 1 is 1.38 bits per heavy atom. The maximum atomic E-state index is 10.5. The van der Waals surface area contributed by atoms with Gasteiger partial charge in [-0.3, -0.25) is 4.79 Å². The molecule has 0 bridgehead atoms. The molecular weight excluding hydrogens is 162 g/mol. The molecule has 0 aliphatic carbocycles. The lowest BCUT2D eigenvalue weighted by Crippen LogP contribution is -2.09. The maximum absolute atomic E-state index is 10.5. The van der Waals surface area contributed by atoms with E-state index in [9.17, 15) is 4.79 Å². The fraction of sp³-hybridized carbons (Fsp3) is 0.364. The molecule has 1 rings (SSSR count). The first-order valence-corrected chi connectivity index (χ1v) is 4.46. The van der Waals surface area contributed by atoms with Crippen LogP contribution in [0.3, 0.4) is 0 Å². The van der Waals surface area contributed by atoms with Gasteiger partial charge in [-0.25, -0.2) is 0 Å². The zero-order valence-corrected chi connectivity index (χ0v) is 8.29. The number of benzene rings is 1. The molecule has 0 fully saturated rings. The van der Waals surface area contributed by atoms with Crippen molar-refractivity contribution in [1.82, 2.24) is 0 Å². The topological polar surface area (TPSA) is 29.1 Å². The van der Waals surface area contributed by atoms with Crippen molar-refractivity contribution in [3.05, 3.63) is 29.3 Å². The van der Waals surface area contributed by atoms with E-state index in [4.69, 9.17) is 0 Å². The van der Waals surface area contributed by atoms with Gasteiger partial charge in [-0.2, -0.15) is 0 Å². The van der Waals surface area contributed by atoms with Gasteiger partial charge in [0.1, 0.15) is 6.29 Å². The summed E-state index contributed by atoms with van der Waals surface area (Å²) in [7, 11) is 0. The lowest BCUT2D eigenvalue weighted by atomic mass is 10.1. The standard InChI is InChI=1S/C11H15NO/c1-8(2)12-11-5-4-10(7-13)9(3)6-11/h4-8,12H,1-3H3. The summed E-state index contributed by atoms with van der Waals surface area (Å²) in [6.07, 6.45) is 0.883. The fourth-order valence-corrected chi connectivity index (χ4v) is 1.23. The highest BCUT2D eigenvalue weighted by molar-refractivity contribution is 5.78. The normalized spacial score (nSPS) is 10.2. The number of hydrogen-bond donors (Lipinski definition) is 1. The average molecular weight is 177 g/mol. The quantitative estimate of drug-likeness (QED) is 0.719. The van der Waals surface area contributed by atoms with Crippen molar-refractivity contribution < 1.29 is 4.79 Å². The van der Waals surface area contributed by atoms with E-state index in [1.165, 1.54) is 0 Å². The third kappa shape index (κ3) is 2.58.